The fourth-order valence-electron chi connectivity index (χ4n) is 1.57. The van der Waals surface area contributed by atoms with Gasteiger partial charge in [-0.2, -0.15) is 0 Å². The van der Waals surface area contributed by atoms with E-state index in [0.717, 1.165) is 50.8 Å². The van der Waals surface area contributed by atoms with Crippen LogP contribution in [-0.4, -0.2) is 36.1 Å². The Kier molecular flexibility index (Phi) is 6.11. The van der Waals surface area contributed by atoms with Crippen molar-refractivity contribution in [2.24, 2.45) is 0 Å². The normalized spacial score (nSPS) is 11.2. The molecule has 4 nitrogen and oxygen atoms in total. The van der Waals surface area contributed by atoms with E-state index in [2.05, 4.69) is 36.0 Å². The highest BCUT2D eigenvalue weighted by Gasteiger charge is 2.02. The summed E-state index contributed by atoms with van der Waals surface area (Å²) in [7, 11) is 0. The van der Waals surface area contributed by atoms with Crippen molar-refractivity contribution in [2.45, 2.75) is 33.7 Å². The van der Waals surface area contributed by atoms with Gasteiger partial charge < -0.3 is 14.6 Å². The molecule has 0 aliphatic rings. The van der Waals surface area contributed by atoms with Gasteiger partial charge >= 0.3 is 0 Å². The average molecular weight is 225 g/mol. The second-order valence-corrected chi connectivity index (χ2v) is 3.78. The number of nitrogens with one attached hydrogen (secondary N) is 1. The fourth-order valence-corrected chi connectivity index (χ4v) is 1.57. The summed E-state index contributed by atoms with van der Waals surface area (Å²) >= 11 is 0. The first-order valence-corrected chi connectivity index (χ1v) is 6.16. The van der Waals surface area contributed by atoms with Gasteiger partial charge in [-0.25, -0.2) is 4.98 Å². The van der Waals surface area contributed by atoms with Gasteiger partial charge in [0.25, 0.3) is 0 Å². The molecule has 0 amide bonds. The van der Waals surface area contributed by atoms with Crippen LogP contribution in [0.15, 0.2) is 10.6 Å². The van der Waals surface area contributed by atoms with E-state index in [1.54, 1.807) is 6.20 Å². The first kappa shape index (κ1) is 13.2. The molecule has 0 saturated carbocycles. The minimum Gasteiger partial charge on any atom is -0.444 e. The van der Waals surface area contributed by atoms with Gasteiger partial charge in [-0.15, -0.1) is 0 Å². The van der Waals surface area contributed by atoms with E-state index in [9.17, 15) is 0 Å². The molecule has 1 N–H and O–H groups in total. The van der Waals surface area contributed by atoms with E-state index in [1.807, 2.05) is 0 Å². The number of hydrogen-bond acceptors (Lipinski definition) is 4. The third-order valence-electron chi connectivity index (χ3n) is 2.73. The molecular formula is C12H23N3O. The van der Waals surface area contributed by atoms with E-state index in [1.165, 1.54) is 0 Å². The van der Waals surface area contributed by atoms with Gasteiger partial charge in [0, 0.05) is 19.5 Å². The van der Waals surface area contributed by atoms with E-state index in [4.69, 9.17) is 4.42 Å². The van der Waals surface area contributed by atoms with Crippen LogP contribution >= 0.6 is 0 Å². The number of nitrogens with zero attached hydrogens (tertiary/aromatic N) is 2. The SMILES string of the molecule is CCc1cnc(CNCCN(CC)CC)o1. The zero-order chi connectivity index (χ0) is 11.8. The Morgan fingerprint density at radius 2 is 2.06 bits per heavy atom. The van der Waals surface area contributed by atoms with Crippen LogP contribution in [0.1, 0.15) is 32.4 Å². The molecule has 0 atom stereocenters. The van der Waals surface area contributed by atoms with Crippen molar-refractivity contribution in [3.8, 4) is 0 Å². The Balaban J connectivity index is 2.15. The number of aromatic nitrogens is 1. The standard InChI is InChI=1S/C12H23N3O/c1-4-11-9-14-12(16-11)10-13-7-8-15(5-2)6-3/h9,13H,4-8,10H2,1-3H3. The summed E-state index contributed by atoms with van der Waals surface area (Å²) in [6.45, 7) is 11.4. The van der Waals surface area contributed by atoms with Gasteiger partial charge in [0.1, 0.15) is 5.76 Å². The van der Waals surface area contributed by atoms with E-state index in [-0.39, 0.29) is 0 Å². The maximum Gasteiger partial charge on any atom is 0.208 e. The molecule has 0 fully saturated rings. The van der Waals surface area contributed by atoms with E-state index in [0.29, 0.717) is 0 Å². The Morgan fingerprint density at radius 1 is 1.31 bits per heavy atom. The van der Waals surface area contributed by atoms with Crippen LogP contribution in [0.4, 0.5) is 0 Å². The molecule has 0 aromatic carbocycles. The molecule has 92 valence electrons. The summed E-state index contributed by atoms with van der Waals surface area (Å²) in [5.74, 6) is 1.75. The van der Waals surface area contributed by atoms with E-state index >= 15 is 0 Å². The third kappa shape index (κ3) is 4.33. The van der Waals surface area contributed by atoms with E-state index < -0.39 is 0 Å². The summed E-state index contributed by atoms with van der Waals surface area (Å²) in [4.78, 5) is 6.59. The molecule has 1 aromatic rings. The van der Waals surface area contributed by atoms with Crippen LogP contribution in [0.25, 0.3) is 0 Å². The van der Waals surface area contributed by atoms with Crippen LogP contribution in [0, 0.1) is 0 Å². The van der Waals surface area contributed by atoms with Crippen LogP contribution in [-0.2, 0) is 13.0 Å². The first-order chi connectivity index (χ1) is 7.80. The summed E-state index contributed by atoms with van der Waals surface area (Å²) in [6.07, 6.45) is 2.72. The van der Waals surface area contributed by atoms with Crippen molar-refractivity contribution < 1.29 is 4.42 Å². The minimum atomic E-state index is 0.723. The topological polar surface area (TPSA) is 41.3 Å². The number of aryl methyl sites for hydroxylation is 1. The molecule has 0 saturated heterocycles. The smallest absolute Gasteiger partial charge is 0.208 e. The lowest BCUT2D eigenvalue weighted by atomic mass is 10.4. The molecule has 0 spiro atoms. The Morgan fingerprint density at radius 3 is 2.62 bits per heavy atom. The number of hydrogen-bond donors (Lipinski definition) is 1. The van der Waals surface area contributed by atoms with Crippen molar-refractivity contribution in [2.75, 3.05) is 26.2 Å². The molecule has 1 rings (SSSR count). The Hall–Kier alpha value is -0.870. The second kappa shape index (κ2) is 7.41. The monoisotopic (exact) mass is 225 g/mol. The predicted octanol–water partition coefficient (Wildman–Crippen LogP) is 1.67. The zero-order valence-electron chi connectivity index (χ0n) is 10.6. The van der Waals surface area contributed by atoms with Crippen LogP contribution < -0.4 is 5.32 Å². The molecule has 0 unspecified atom stereocenters. The minimum absolute atomic E-state index is 0.723. The Bertz CT molecular complexity index is 282. The van der Waals surface area contributed by atoms with Crippen molar-refractivity contribution in [3.63, 3.8) is 0 Å². The fraction of sp³-hybridized carbons (Fsp3) is 0.750. The van der Waals surface area contributed by atoms with Crippen molar-refractivity contribution in [1.29, 1.82) is 0 Å². The molecular weight excluding hydrogens is 202 g/mol. The molecule has 4 heteroatoms. The van der Waals surface area contributed by atoms with Crippen molar-refractivity contribution >= 4 is 0 Å². The molecule has 1 heterocycles. The first-order valence-electron chi connectivity index (χ1n) is 6.16. The summed E-state index contributed by atoms with van der Waals surface area (Å²) in [6, 6.07) is 0. The molecule has 16 heavy (non-hydrogen) atoms. The highest BCUT2D eigenvalue weighted by molar-refractivity contribution is 4.93. The highest BCUT2D eigenvalue weighted by Crippen LogP contribution is 2.03. The van der Waals surface area contributed by atoms with Gasteiger partial charge in [-0.1, -0.05) is 20.8 Å². The van der Waals surface area contributed by atoms with Crippen LogP contribution in [0.5, 0.6) is 0 Å². The summed E-state index contributed by atoms with van der Waals surface area (Å²) < 4.78 is 5.51. The van der Waals surface area contributed by atoms with Crippen molar-refractivity contribution in [1.82, 2.24) is 15.2 Å². The number of rotatable bonds is 8. The van der Waals surface area contributed by atoms with Gasteiger partial charge in [-0.3, -0.25) is 0 Å². The van der Waals surface area contributed by atoms with Crippen LogP contribution in [0.2, 0.25) is 0 Å². The largest absolute Gasteiger partial charge is 0.444 e. The van der Waals surface area contributed by atoms with Gasteiger partial charge in [0.05, 0.1) is 12.7 Å². The summed E-state index contributed by atoms with van der Waals surface area (Å²) in [5.41, 5.74) is 0. The molecule has 0 aliphatic carbocycles. The van der Waals surface area contributed by atoms with Gasteiger partial charge in [0.2, 0.25) is 5.89 Å². The highest BCUT2D eigenvalue weighted by atomic mass is 16.4. The summed E-state index contributed by atoms with van der Waals surface area (Å²) in [5, 5.41) is 3.34. The molecule has 0 aliphatic heterocycles. The maximum absolute atomic E-state index is 5.51. The lowest BCUT2D eigenvalue weighted by molar-refractivity contribution is 0.299. The Labute approximate surface area is 98.0 Å². The number of likely N-dealkylation sites (N-methyl/N-ethyl adjacent to an activating group) is 1. The van der Waals surface area contributed by atoms with Gasteiger partial charge in [0.15, 0.2) is 0 Å². The molecule has 0 radical (unpaired) electrons. The number of oxazole rings is 1. The molecule has 1 aromatic heterocycles. The lowest BCUT2D eigenvalue weighted by Gasteiger charge is -2.17. The maximum atomic E-state index is 5.51. The van der Waals surface area contributed by atoms with Crippen molar-refractivity contribution in [3.05, 3.63) is 17.8 Å². The van der Waals surface area contributed by atoms with Gasteiger partial charge in [-0.05, 0) is 13.1 Å². The molecule has 0 bridgehead atoms. The second-order valence-electron chi connectivity index (χ2n) is 3.78. The zero-order valence-corrected chi connectivity index (χ0v) is 10.6. The lowest BCUT2D eigenvalue weighted by Crippen LogP contribution is -2.31. The van der Waals surface area contributed by atoms with Crippen LogP contribution in [0.3, 0.4) is 0 Å². The predicted molar refractivity (Wildman–Crippen MR) is 65.4 cm³/mol. The average Bonchev–Trinajstić information content (AvgIpc) is 2.77. The quantitative estimate of drug-likeness (QED) is 0.683. The third-order valence-corrected chi connectivity index (χ3v) is 2.73.